The van der Waals surface area contributed by atoms with Gasteiger partial charge in [-0.1, -0.05) is 36.4 Å². The van der Waals surface area contributed by atoms with Gasteiger partial charge in [-0.15, -0.1) is 0 Å². The molecule has 1 aliphatic heterocycles. The van der Waals surface area contributed by atoms with Crippen LogP contribution in [0.15, 0.2) is 48.5 Å². The van der Waals surface area contributed by atoms with E-state index in [9.17, 15) is 27.6 Å². The molecule has 3 amide bonds. The number of likely N-dealkylation sites (tertiary alicyclic amines) is 1. The fourth-order valence-electron chi connectivity index (χ4n) is 4.37. The molecular formula is C27H33F3N6O4. The van der Waals surface area contributed by atoms with Crippen molar-refractivity contribution in [2.75, 3.05) is 26.7 Å². The lowest BCUT2D eigenvalue weighted by Crippen LogP contribution is -2.63. The van der Waals surface area contributed by atoms with Crippen LogP contribution in [0.2, 0.25) is 0 Å². The lowest BCUT2D eigenvalue weighted by atomic mass is 9.72. The topological polar surface area (TPSA) is 150 Å². The van der Waals surface area contributed by atoms with Gasteiger partial charge in [0.15, 0.2) is 0 Å². The van der Waals surface area contributed by atoms with E-state index in [1.165, 1.54) is 31.9 Å². The van der Waals surface area contributed by atoms with Gasteiger partial charge in [0.25, 0.3) is 0 Å². The molecule has 1 aliphatic rings. The Kier molecular flexibility index (Phi) is 9.18. The number of carbonyl (C=O) groups is 3. The van der Waals surface area contributed by atoms with Crippen LogP contribution in [0, 0.1) is 10.8 Å². The SMILES string of the molecule is CNC(=O)[C@]1(Cc2ccccc2)CN(C(=O)[C@@H](COc2cccc(C(F)(F)F)n2)NC(=O)C(C)(C)N)CCC1=N. The molecule has 0 aliphatic carbocycles. The maximum atomic E-state index is 13.8. The van der Waals surface area contributed by atoms with Gasteiger partial charge in [0.1, 0.15) is 23.8 Å². The Morgan fingerprint density at radius 3 is 2.42 bits per heavy atom. The molecule has 0 saturated carbocycles. The highest BCUT2D eigenvalue weighted by Crippen LogP contribution is 2.32. The minimum absolute atomic E-state index is 0.0887. The third-order valence-electron chi connectivity index (χ3n) is 6.59. The van der Waals surface area contributed by atoms with Crippen LogP contribution < -0.4 is 21.1 Å². The zero-order valence-electron chi connectivity index (χ0n) is 22.5. The lowest BCUT2D eigenvalue weighted by Gasteiger charge is -2.43. The van der Waals surface area contributed by atoms with Crippen molar-refractivity contribution in [1.82, 2.24) is 20.5 Å². The number of benzene rings is 1. The smallest absolute Gasteiger partial charge is 0.433 e. The van der Waals surface area contributed by atoms with Gasteiger partial charge >= 0.3 is 6.18 Å². The van der Waals surface area contributed by atoms with E-state index in [0.717, 1.165) is 17.7 Å². The second kappa shape index (κ2) is 12.0. The number of halogens is 3. The molecule has 10 nitrogen and oxygen atoms in total. The molecule has 216 valence electrons. The molecule has 1 aromatic carbocycles. The summed E-state index contributed by atoms with van der Waals surface area (Å²) in [6, 6.07) is 10.8. The van der Waals surface area contributed by atoms with Crippen LogP contribution in [0.5, 0.6) is 5.88 Å². The second-order valence-corrected chi connectivity index (χ2v) is 10.2. The Hall–Kier alpha value is -4.00. The Morgan fingerprint density at radius 1 is 1.15 bits per heavy atom. The summed E-state index contributed by atoms with van der Waals surface area (Å²) in [5.41, 5.74) is 2.92. The fraction of sp³-hybridized carbons (Fsp3) is 0.444. The normalized spacial score (nSPS) is 18.6. The van der Waals surface area contributed by atoms with Crippen molar-refractivity contribution in [2.45, 2.75) is 44.4 Å². The Bertz CT molecular complexity index is 1240. The minimum atomic E-state index is -4.70. The molecule has 1 fully saturated rings. The first kappa shape index (κ1) is 30.5. The van der Waals surface area contributed by atoms with E-state index < -0.39 is 59.1 Å². The van der Waals surface area contributed by atoms with Crippen molar-refractivity contribution >= 4 is 23.4 Å². The number of nitrogens with zero attached hydrogens (tertiary/aromatic N) is 2. The maximum absolute atomic E-state index is 13.8. The van der Waals surface area contributed by atoms with Crippen molar-refractivity contribution in [3.05, 3.63) is 59.8 Å². The van der Waals surface area contributed by atoms with Gasteiger partial charge in [-0.05, 0) is 31.9 Å². The number of amides is 3. The van der Waals surface area contributed by atoms with E-state index in [1.807, 2.05) is 30.3 Å². The maximum Gasteiger partial charge on any atom is 0.433 e. The predicted molar refractivity (Wildman–Crippen MR) is 141 cm³/mol. The van der Waals surface area contributed by atoms with Crippen molar-refractivity contribution in [3.8, 4) is 5.88 Å². The number of aromatic nitrogens is 1. The molecule has 5 N–H and O–H groups in total. The monoisotopic (exact) mass is 562 g/mol. The molecule has 3 rings (SSSR count). The third-order valence-corrected chi connectivity index (χ3v) is 6.59. The number of nitrogens with two attached hydrogens (primary N) is 1. The number of alkyl halides is 3. The van der Waals surface area contributed by atoms with E-state index in [0.29, 0.717) is 0 Å². The number of rotatable bonds is 9. The van der Waals surface area contributed by atoms with Gasteiger partial charge in [0.2, 0.25) is 23.6 Å². The number of pyridine rings is 1. The Morgan fingerprint density at radius 2 is 1.82 bits per heavy atom. The summed E-state index contributed by atoms with van der Waals surface area (Å²) < 4.78 is 44.7. The van der Waals surface area contributed by atoms with Gasteiger partial charge in [0.05, 0.1) is 5.54 Å². The summed E-state index contributed by atoms with van der Waals surface area (Å²) in [7, 11) is 1.45. The molecular weight excluding hydrogens is 529 g/mol. The van der Waals surface area contributed by atoms with Crippen LogP contribution in [0.4, 0.5) is 13.2 Å². The summed E-state index contributed by atoms with van der Waals surface area (Å²) in [4.78, 5) is 44.4. The largest absolute Gasteiger partial charge is 0.475 e. The van der Waals surface area contributed by atoms with Gasteiger partial charge in [-0.2, -0.15) is 13.2 Å². The van der Waals surface area contributed by atoms with E-state index >= 15 is 0 Å². The van der Waals surface area contributed by atoms with Gasteiger partial charge in [-0.25, -0.2) is 4.98 Å². The minimum Gasteiger partial charge on any atom is -0.475 e. The van der Waals surface area contributed by atoms with Crippen LogP contribution in [0.1, 0.15) is 31.5 Å². The van der Waals surface area contributed by atoms with Crippen LogP contribution in [-0.4, -0.2) is 71.6 Å². The van der Waals surface area contributed by atoms with Crippen molar-refractivity contribution in [1.29, 1.82) is 5.41 Å². The third kappa shape index (κ3) is 7.14. The summed E-state index contributed by atoms with van der Waals surface area (Å²) >= 11 is 0. The molecule has 1 saturated heterocycles. The van der Waals surface area contributed by atoms with E-state index in [4.69, 9.17) is 15.9 Å². The molecule has 40 heavy (non-hydrogen) atoms. The Labute approximate surface area is 230 Å². The first-order valence-electron chi connectivity index (χ1n) is 12.6. The summed E-state index contributed by atoms with van der Waals surface area (Å²) in [5, 5.41) is 13.8. The van der Waals surface area contributed by atoms with Crippen LogP contribution in [0.3, 0.4) is 0 Å². The number of carbonyl (C=O) groups excluding carboxylic acids is 3. The molecule has 13 heteroatoms. The average Bonchev–Trinajstić information content (AvgIpc) is 2.91. The van der Waals surface area contributed by atoms with Gasteiger partial charge in [-0.3, -0.25) is 14.4 Å². The number of nitrogens with one attached hydrogen (secondary N) is 3. The fourth-order valence-corrected chi connectivity index (χ4v) is 4.37. The molecule has 0 radical (unpaired) electrons. The highest BCUT2D eigenvalue weighted by Gasteiger charge is 2.48. The van der Waals surface area contributed by atoms with E-state index in [1.54, 1.807) is 0 Å². The highest BCUT2D eigenvalue weighted by atomic mass is 19.4. The molecule has 1 aromatic heterocycles. The quantitative estimate of drug-likeness (QED) is 0.367. The van der Waals surface area contributed by atoms with Gasteiger partial charge < -0.3 is 31.4 Å². The number of hydrogen-bond acceptors (Lipinski definition) is 7. The molecule has 0 bridgehead atoms. The summed E-state index contributed by atoms with van der Waals surface area (Å²) in [6.07, 6.45) is -4.44. The van der Waals surface area contributed by atoms with Crippen LogP contribution in [0.25, 0.3) is 0 Å². The van der Waals surface area contributed by atoms with Crippen LogP contribution >= 0.6 is 0 Å². The van der Waals surface area contributed by atoms with Crippen LogP contribution in [-0.2, 0) is 27.0 Å². The first-order valence-corrected chi connectivity index (χ1v) is 12.6. The predicted octanol–water partition coefficient (Wildman–Crippen LogP) is 1.93. The zero-order valence-corrected chi connectivity index (χ0v) is 22.5. The van der Waals surface area contributed by atoms with Gasteiger partial charge in [0, 0.05) is 38.3 Å². The lowest BCUT2D eigenvalue weighted by molar-refractivity contribution is -0.142. The van der Waals surface area contributed by atoms with Crippen molar-refractivity contribution in [2.24, 2.45) is 11.1 Å². The molecule has 0 spiro atoms. The second-order valence-electron chi connectivity index (χ2n) is 10.2. The standard InChI is InChI=1S/C27H33F3N6O4/c1-25(2,32)23(38)34-18(15-40-21-11-7-10-20(35-21)27(28,29)30)22(37)36-13-12-19(31)26(16-36,24(39)33-3)14-17-8-5-4-6-9-17/h4-11,18,31H,12-16,32H2,1-3H3,(H,33,39)(H,34,38)/t18-,26-/m1/s1. The summed E-state index contributed by atoms with van der Waals surface area (Å²) in [6.45, 7) is 2.24. The zero-order chi connectivity index (χ0) is 29.7. The molecule has 2 atom stereocenters. The number of ether oxygens (including phenoxy) is 1. The summed E-state index contributed by atoms with van der Waals surface area (Å²) in [5.74, 6) is -2.17. The molecule has 2 aromatic rings. The molecule has 2 heterocycles. The van der Waals surface area contributed by atoms with Crippen molar-refractivity contribution < 1.29 is 32.3 Å². The first-order chi connectivity index (χ1) is 18.7. The average molecular weight is 563 g/mol. The van der Waals surface area contributed by atoms with Crippen molar-refractivity contribution in [3.63, 3.8) is 0 Å². The Balaban J connectivity index is 1.89. The van der Waals surface area contributed by atoms with E-state index in [-0.39, 0.29) is 31.6 Å². The highest BCUT2D eigenvalue weighted by molar-refractivity contribution is 6.09. The number of hydrogen-bond donors (Lipinski definition) is 4. The number of piperidine rings is 1. The van der Waals surface area contributed by atoms with E-state index in [2.05, 4.69) is 15.6 Å². The molecule has 0 unspecified atom stereocenters.